The Morgan fingerprint density at radius 1 is 1.16 bits per heavy atom. The van der Waals surface area contributed by atoms with E-state index in [0.29, 0.717) is 20.9 Å². The standard InChI is InChI=1S/C17H21Cl2N5S/c18-12-5-3-6-13(15(12)19)25-17-16(21)23-14(10-22-17)24-8-2-1-4-11(20)7-9-24/h3,5-6,10-11H,1-2,4,7-9,20H2,(H2,21,23)/t11-/m0/s1. The summed E-state index contributed by atoms with van der Waals surface area (Å²) in [6.07, 6.45) is 6.06. The largest absolute Gasteiger partial charge is 0.381 e. The Morgan fingerprint density at radius 3 is 2.80 bits per heavy atom. The molecule has 4 N–H and O–H groups in total. The molecule has 1 saturated heterocycles. The van der Waals surface area contributed by atoms with E-state index in [4.69, 9.17) is 34.7 Å². The Hall–Kier alpha value is -1.21. The molecule has 0 amide bonds. The summed E-state index contributed by atoms with van der Waals surface area (Å²) >= 11 is 13.7. The van der Waals surface area contributed by atoms with Crippen LogP contribution >= 0.6 is 35.0 Å². The van der Waals surface area contributed by atoms with Crippen LogP contribution in [0, 0.1) is 0 Å². The average molecular weight is 398 g/mol. The Labute approximate surface area is 162 Å². The minimum absolute atomic E-state index is 0.257. The Kier molecular flexibility index (Phi) is 6.28. The third-order valence-corrected chi connectivity index (χ3v) is 6.22. The highest BCUT2D eigenvalue weighted by Gasteiger charge is 2.16. The maximum Gasteiger partial charge on any atom is 0.158 e. The van der Waals surface area contributed by atoms with Gasteiger partial charge in [-0.3, -0.25) is 0 Å². The molecule has 5 nitrogen and oxygen atoms in total. The summed E-state index contributed by atoms with van der Waals surface area (Å²) in [4.78, 5) is 12.1. The molecule has 8 heteroatoms. The minimum Gasteiger partial charge on any atom is -0.381 e. The van der Waals surface area contributed by atoms with E-state index in [9.17, 15) is 0 Å². The number of hydrogen-bond acceptors (Lipinski definition) is 6. The van der Waals surface area contributed by atoms with Gasteiger partial charge in [0.2, 0.25) is 0 Å². The van der Waals surface area contributed by atoms with E-state index in [1.807, 2.05) is 12.1 Å². The number of rotatable bonds is 3. The molecule has 25 heavy (non-hydrogen) atoms. The molecule has 0 spiro atoms. The molecule has 0 bridgehead atoms. The van der Waals surface area contributed by atoms with Crippen molar-refractivity contribution in [1.29, 1.82) is 0 Å². The molecule has 3 rings (SSSR count). The molecule has 1 atom stereocenters. The van der Waals surface area contributed by atoms with Crippen molar-refractivity contribution in [2.45, 2.75) is 41.6 Å². The fourth-order valence-electron chi connectivity index (χ4n) is 2.80. The smallest absolute Gasteiger partial charge is 0.158 e. The lowest BCUT2D eigenvalue weighted by Crippen LogP contribution is -2.34. The van der Waals surface area contributed by atoms with Gasteiger partial charge in [0.15, 0.2) is 5.82 Å². The Bertz CT molecular complexity index is 743. The van der Waals surface area contributed by atoms with Crippen LogP contribution < -0.4 is 16.4 Å². The van der Waals surface area contributed by atoms with Crippen LogP contribution in [0.3, 0.4) is 0 Å². The van der Waals surface area contributed by atoms with Crippen molar-refractivity contribution in [2.24, 2.45) is 5.73 Å². The second-order valence-corrected chi connectivity index (χ2v) is 7.92. The third kappa shape index (κ3) is 4.70. The van der Waals surface area contributed by atoms with Crippen LogP contribution in [0.5, 0.6) is 0 Å². The first-order valence-corrected chi connectivity index (χ1v) is 9.86. The third-order valence-electron chi connectivity index (χ3n) is 4.22. The molecule has 0 aliphatic carbocycles. The second-order valence-electron chi connectivity index (χ2n) is 6.10. The van der Waals surface area contributed by atoms with Crippen molar-refractivity contribution in [2.75, 3.05) is 23.7 Å². The molecule has 2 heterocycles. The second kappa shape index (κ2) is 8.45. The van der Waals surface area contributed by atoms with Gasteiger partial charge in [0, 0.05) is 24.0 Å². The maximum atomic E-state index is 6.23. The molecule has 2 aromatic rings. The average Bonchev–Trinajstić information content (AvgIpc) is 2.57. The zero-order valence-corrected chi connectivity index (χ0v) is 16.1. The minimum atomic E-state index is 0.257. The summed E-state index contributed by atoms with van der Waals surface area (Å²) in [5.74, 6) is 1.19. The van der Waals surface area contributed by atoms with Crippen molar-refractivity contribution in [3.63, 3.8) is 0 Å². The molecule has 0 radical (unpaired) electrons. The molecule has 1 fully saturated rings. The summed E-state index contributed by atoms with van der Waals surface area (Å²) in [6, 6.07) is 5.73. The number of nitrogens with two attached hydrogens (primary N) is 2. The van der Waals surface area contributed by atoms with Crippen molar-refractivity contribution in [3.05, 3.63) is 34.4 Å². The summed E-state index contributed by atoms with van der Waals surface area (Å²) in [6.45, 7) is 1.83. The van der Waals surface area contributed by atoms with Crippen molar-refractivity contribution in [3.8, 4) is 0 Å². The monoisotopic (exact) mass is 397 g/mol. The number of benzene rings is 1. The lowest BCUT2D eigenvalue weighted by molar-refractivity contribution is 0.492. The topological polar surface area (TPSA) is 81.1 Å². The van der Waals surface area contributed by atoms with Gasteiger partial charge in [-0.15, -0.1) is 0 Å². The predicted molar refractivity (Wildman–Crippen MR) is 106 cm³/mol. The Morgan fingerprint density at radius 2 is 2.00 bits per heavy atom. The highest BCUT2D eigenvalue weighted by atomic mass is 35.5. The van der Waals surface area contributed by atoms with Gasteiger partial charge in [-0.05, 0) is 31.4 Å². The molecular weight excluding hydrogens is 377 g/mol. The molecule has 1 aromatic carbocycles. The van der Waals surface area contributed by atoms with E-state index in [1.54, 1.807) is 12.3 Å². The van der Waals surface area contributed by atoms with Crippen molar-refractivity contribution < 1.29 is 0 Å². The number of nitrogens with zero attached hydrogens (tertiary/aromatic N) is 3. The van der Waals surface area contributed by atoms with E-state index in [-0.39, 0.29) is 6.04 Å². The fourth-order valence-corrected chi connectivity index (χ4v) is 4.08. The highest BCUT2D eigenvalue weighted by Crippen LogP contribution is 2.38. The van der Waals surface area contributed by atoms with Crippen LogP contribution in [0.4, 0.5) is 11.6 Å². The molecule has 0 saturated carbocycles. The molecule has 1 aliphatic heterocycles. The first-order chi connectivity index (χ1) is 12.0. The number of aromatic nitrogens is 2. The molecule has 1 aliphatic rings. The van der Waals surface area contributed by atoms with E-state index in [2.05, 4.69) is 14.9 Å². The van der Waals surface area contributed by atoms with Gasteiger partial charge >= 0.3 is 0 Å². The van der Waals surface area contributed by atoms with Gasteiger partial charge in [-0.2, -0.15) is 0 Å². The van der Waals surface area contributed by atoms with Crippen LogP contribution in [-0.2, 0) is 0 Å². The van der Waals surface area contributed by atoms with E-state index in [1.165, 1.54) is 11.8 Å². The number of halogens is 2. The van der Waals surface area contributed by atoms with Gasteiger partial charge in [-0.25, -0.2) is 9.97 Å². The number of nitrogen functional groups attached to an aromatic ring is 1. The maximum absolute atomic E-state index is 6.23. The van der Waals surface area contributed by atoms with E-state index in [0.717, 1.165) is 49.5 Å². The Balaban J connectivity index is 1.77. The van der Waals surface area contributed by atoms with Crippen LogP contribution in [0.25, 0.3) is 0 Å². The van der Waals surface area contributed by atoms with Gasteiger partial charge in [0.05, 0.1) is 16.2 Å². The number of hydrogen-bond donors (Lipinski definition) is 2. The fraction of sp³-hybridized carbons (Fsp3) is 0.412. The first-order valence-electron chi connectivity index (χ1n) is 8.29. The lowest BCUT2D eigenvalue weighted by Gasteiger charge is -2.28. The van der Waals surface area contributed by atoms with Crippen LogP contribution in [-0.4, -0.2) is 29.1 Å². The van der Waals surface area contributed by atoms with Gasteiger partial charge in [0.25, 0.3) is 0 Å². The quantitative estimate of drug-likeness (QED) is 0.806. The predicted octanol–water partition coefficient (Wildman–Crippen LogP) is 4.22. The molecular formula is C17H21Cl2N5S. The first kappa shape index (κ1) is 18.6. The zero-order chi connectivity index (χ0) is 17.8. The van der Waals surface area contributed by atoms with Gasteiger partial charge < -0.3 is 16.4 Å². The van der Waals surface area contributed by atoms with E-state index < -0.39 is 0 Å². The van der Waals surface area contributed by atoms with Gasteiger partial charge in [-0.1, -0.05) is 47.5 Å². The summed E-state index contributed by atoms with van der Waals surface area (Å²) in [5.41, 5.74) is 12.2. The normalized spacial score (nSPS) is 18.7. The van der Waals surface area contributed by atoms with Gasteiger partial charge in [0.1, 0.15) is 10.8 Å². The van der Waals surface area contributed by atoms with Crippen molar-refractivity contribution >= 4 is 46.6 Å². The van der Waals surface area contributed by atoms with Crippen LogP contribution in [0.2, 0.25) is 10.0 Å². The molecule has 1 aromatic heterocycles. The summed E-state index contributed by atoms with van der Waals surface area (Å²) in [5, 5.41) is 1.63. The van der Waals surface area contributed by atoms with E-state index >= 15 is 0 Å². The SMILES string of the molecule is Nc1nc(N2CCCC[C@H](N)CC2)cnc1Sc1cccc(Cl)c1Cl. The lowest BCUT2D eigenvalue weighted by atomic mass is 10.0. The van der Waals surface area contributed by atoms with Crippen molar-refractivity contribution in [1.82, 2.24) is 9.97 Å². The highest BCUT2D eigenvalue weighted by molar-refractivity contribution is 7.99. The zero-order valence-electron chi connectivity index (χ0n) is 13.8. The summed E-state index contributed by atoms with van der Waals surface area (Å²) in [7, 11) is 0. The van der Waals surface area contributed by atoms with Crippen LogP contribution in [0.15, 0.2) is 34.3 Å². The number of anilines is 2. The van der Waals surface area contributed by atoms with Crippen LogP contribution in [0.1, 0.15) is 25.7 Å². The molecule has 134 valence electrons. The summed E-state index contributed by atoms with van der Waals surface area (Å²) < 4.78 is 0. The molecule has 0 unspecified atom stereocenters.